The number of benzene rings is 1. The molecule has 164 valence electrons. The van der Waals surface area contributed by atoms with Crippen LogP contribution >= 0.6 is 31.9 Å². The molecule has 2 saturated carbocycles. The first kappa shape index (κ1) is 22.1. The number of nitrogens with zero attached hydrogens (tertiary/aromatic N) is 2. The predicted molar refractivity (Wildman–Crippen MR) is 114 cm³/mol. The lowest BCUT2D eigenvalue weighted by molar-refractivity contribution is -0.384. The van der Waals surface area contributed by atoms with Crippen LogP contribution in [-0.2, 0) is 19.1 Å². The number of fused-ring (bicyclic) bond motifs is 5. The van der Waals surface area contributed by atoms with Gasteiger partial charge in [0.05, 0.1) is 23.2 Å². The number of carbonyl (C=O) groups excluding carboxylic acids is 4. The molecule has 1 aromatic carbocycles. The fourth-order valence-corrected chi connectivity index (χ4v) is 6.80. The number of imide groups is 1. The van der Waals surface area contributed by atoms with Crippen LogP contribution in [0.2, 0.25) is 0 Å². The predicted octanol–water partition coefficient (Wildman–Crippen LogP) is 2.49. The zero-order chi connectivity index (χ0) is 22.4. The van der Waals surface area contributed by atoms with Gasteiger partial charge in [-0.2, -0.15) is 0 Å². The highest BCUT2D eigenvalue weighted by molar-refractivity contribution is 9.12. The summed E-state index contributed by atoms with van der Waals surface area (Å²) in [5.41, 5.74) is -0.178. The van der Waals surface area contributed by atoms with Gasteiger partial charge in [-0.25, -0.2) is 0 Å². The Balaban J connectivity index is 1.30. The summed E-state index contributed by atoms with van der Waals surface area (Å²) in [5, 5.41) is 10.8. The van der Waals surface area contributed by atoms with Crippen molar-refractivity contribution in [2.45, 2.75) is 22.5 Å². The number of ketones is 1. The van der Waals surface area contributed by atoms with Crippen molar-refractivity contribution in [2.75, 3.05) is 13.2 Å². The topological polar surface area (TPSA) is 124 Å². The average molecular weight is 558 g/mol. The monoisotopic (exact) mass is 556 g/mol. The molecule has 0 spiro atoms. The van der Waals surface area contributed by atoms with Crippen LogP contribution < -0.4 is 0 Å². The third-order valence-corrected chi connectivity index (χ3v) is 9.57. The van der Waals surface area contributed by atoms with E-state index in [-0.39, 0.29) is 69.4 Å². The Morgan fingerprint density at radius 3 is 2.32 bits per heavy atom. The SMILES string of the molecule is O=C(CCN1C(=O)[C@@H]2[C@@H]3C[C@@H]([C@H](Br)[C@@H]3Br)[C@@H]2C1=O)OCC(=O)c1cccc([N+](=O)[O-])c1. The van der Waals surface area contributed by atoms with E-state index in [9.17, 15) is 29.3 Å². The Morgan fingerprint density at radius 2 is 1.74 bits per heavy atom. The van der Waals surface area contributed by atoms with Gasteiger partial charge in [0, 0.05) is 33.9 Å². The van der Waals surface area contributed by atoms with Crippen molar-refractivity contribution in [3.8, 4) is 0 Å². The molecule has 0 radical (unpaired) electrons. The van der Waals surface area contributed by atoms with E-state index in [1.54, 1.807) is 0 Å². The molecule has 4 rings (SSSR count). The number of carbonyl (C=O) groups is 4. The summed E-state index contributed by atoms with van der Waals surface area (Å²) in [6, 6.07) is 5.13. The van der Waals surface area contributed by atoms with Gasteiger partial charge in [-0.3, -0.25) is 34.2 Å². The van der Waals surface area contributed by atoms with E-state index in [1.807, 2.05) is 0 Å². The van der Waals surface area contributed by atoms with Crippen LogP contribution in [0.25, 0.3) is 0 Å². The Kier molecular flexibility index (Phi) is 5.99. The molecule has 1 saturated heterocycles. The second-order valence-electron chi connectivity index (χ2n) is 7.97. The summed E-state index contributed by atoms with van der Waals surface area (Å²) < 4.78 is 4.95. The number of non-ortho nitro benzene ring substituents is 1. The summed E-state index contributed by atoms with van der Waals surface area (Å²) in [4.78, 5) is 61.4. The maximum Gasteiger partial charge on any atom is 0.308 e. The molecule has 6 atom stereocenters. The number of Topliss-reactive ketones (excluding diaryl/α,β-unsaturated/α-hetero) is 1. The summed E-state index contributed by atoms with van der Waals surface area (Å²) >= 11 is 7.24. The average Bonchev–Trinajstić information content (AvgIpc) is 3.35. The highest BCUT2D eigenvalue weighted by atomic mass is 79.9. The van der Waals surface area contributed by atoms with Crippen molar-refractivity contribution >= 4 is 61.1 Å². The van der Waals surface area contributed by atoms with Gasteiger partial charge < -0.3 is 4.74 Å². The van der Waals surface area contributed by atoms with Crippen LogP contribution in [0.1, 0.15) is 23.2 Å². The Hall–Kier alpha value is -2.14. The number of rotatable bonds is 7. The van der Waals surface area contributed by atoms with Crippen LogP contribution in [0.5, 0.6) is 0 Å². The van der Waals surface area contributed by atoms with E-state index in [0.717, 1.165) is 17.4 Å². The largest absolute Gasteiger partial charge is 0.457 e. The number of halogens is 2. The molecule has 0 unspecified atom stereocenters. The molecule has 1 aliphatic heterocycles. The third kappa shape index (κ3) is 3.82. The molecule has 11 heteroatoms. The zero-order valence-corrected chi connectivity index (χ0v) is 19.3. The van der Waals surface area contributed by atoms with Gasteiger partial charge in [-0.1, -0.05) is 44.0 Å². The Labute approximate surface area is 193 Å². The number of alkyl halides is 2. The van der Waals surface area contributed by atoms with E-state index in [1.165, 1.54) is 18.2 Å². The second kappa shape index (κ2) is 8.42. The van der Waals surface area contributed by atoms with Crippen molar-refractivity contribution in [3.05, 3.63) is 39.9 Å². The van der Waals surface area contributed by atoms with Crippen LogP contribution in [0.4, 0.5) is 5.69 Å². The molecule has 2 bridgehead atoms. The van der Waals surface area contributed by atoms with E-state index in [0.29, 0.717) is 0 Å². The molecule has 2 amide bonds. The molecule has 3 fully saturated rings. The molecule has 3 aliphatic rings. The molecule has 2 aliphatic carbocycles. The number of amides is 2. The normalized spacial score (nSPS) is 31.1. The standard InChI is InChI=1S/C20H18Br2N2O7/c21-17-11-7-12(18(17)22)16-15(11)19(27)23(20(16)28)5-4-14(26)31-8-13(25)9-2-1-3-10(6-9)24(29)30/h1-3,6,11-12,15-18H,4-5,7-8H2/t11-,12+,15+,16-,17+,18-. The van der Waals surface area contributed by atoms with Gasteiger partial charge in [0.2, 0.25) is 17.6 Å². The minimum atomic E-state index is -0.726. The number of esters is 1. The molecule has 0 aromatic heterocycles. The van der Waals surface area contributed by atoms with Crippen LogP contribution in [-0.4, -0.2) is 56.2 Å². The fourth-order valence-electron chi connectivity index (χ4n) is 4.93. The first-order valence-electron chi connectivity index (χ1n) is 9.77. The van der Waals surface area contributed by atoms with E-state index < -0.39 is 23.3 Å². The van der Waals surface area contributed by atoms with Gasteiger partial charge in [0.25, 0.3) is 5.69 Å². The van der Waals surface area contributed by atoms with Gasteiger partial charge in [-0.15, -0.1) is 0 Å². The number of nitro benzene ring substituents is 1. The lowest BCUT2D eigenvalue weighted by Crippen LogP contribution is -2.37. The maximum atomic E-state index is 12.8. The lowest BCUT2D eigenvalue weighted by atomic mass is 9.81. The van der Waals surface area contributed by atoms with Crippen molar-refractivity contribution in [1.82, 2.24) is 4.90 Å². The first-order chi connectivity index (χ1) is 14.7. The molecule has 1 aromatic rings. The van der Waals surface area contributed by atoms with Crippen molar-refractivity contribution in [2.24, 2.45) is 23.7 Å². The van der Waals surface area contributed by atoms with E-state index in [4.69, 9.17) is 4.74 Å². The quantitative estimate of drug-likeness (QED) is 0.126. The number of nitro groups is 1. The molecule has 9 nitrogen and oxygen atoms in total. The van der Waals surface area contributed by atoms with Gasteiger partial charge in [-0.05, 0) is 18.3 Å². The minimum Gasteiger partial charge on any atom is -0.457 e. The summed E-state index contributed by atoms with van der Waals surface area (Å²) in [7, 11) is 0. The number of likely N-dealkylation sites (tertiary alicyclic amines) is 1. The van der Waals surface area contributed by atoms with Crippen molar-refractivity contribution < 1.29 is 28.8 Å². The second-order valence-corrected chi connectivity index (χ2v) is 10.1. The number of hydrogen-bond donors (Lipinski definition) is 0. The van der Waals surface area contributed by atoms with E-state index >= 15 is 0 Å². The number of ether oxygens (including phenoxy) is 1. The van der Waals surface area contributed by atoms with Gasteiger partial charge in [0.15, 0.2) is 6.61 Å². The molecule has 31 heavy (non-hydrogen) atoms. The highest BCUT2D eigenvalue weighted by Gasteiger charge is 2.66. The Morgan fingerprint density at radius 1 is 1.13 bits per heavy atom. The van der Waals surface area contributed by atoms with Gasteiger partial charge >= 0.3 is 5.97 Å². The van der Waals surface area contributed by atoms with Crippen molar-refractivity contribution in [3.63, 3.8) is 0 Å². The third-order valence-electron chi connectivity index (χ3n) is 6.36. The minimum absolute atomic E-state index is 0.0591. The fraction of sp³-hybridized carbons (Fsp3) is 0.500. The summed E-state index contributed by atoms with van der Waals surface area (Å²) in [6.45, 7) is -0.665. The lowest BCUT2D eigenvalue weighted by Gasteiger charge is -2.28. The Bertz CT molecular complexity index is 952. The van der Waals surface area contributed by atoms with Crippen LogP contribution in [0.15, 0.2) is 24.3 Å². The smallest absolute Gasteiger partial charge is 0.308 e. The highest BCUT2D eigenvalue weighted by Crippen LogP contribution is 2.60. The van der Waals surface area contributed by atoms with Gasteiger partial charge in [0.1, 0.15) is 0 Å². The summed E-state index contributed by atoms with van der Waals surface area (Å²) in [5.74, 6) is -2.29. The first-order valence-corrected chi connectivity index (χ1v) is 11.6. The number of hydrogen-bond acceptors (Lipinski definition) is 7. The molecular formula is C20H18Br2N2O7. The molecule has 1 heterocycles. The maximum absolute atomic E-state index is 12.8. The van der Waals surface area contributed by atoms with Crippen LogP contribution in [0, 0.1) is 33.8 Å². The molecular weight excluding hydrogens is 540 g/mol. The summed E-state index contributed by atoms with van der Waals surface area (Å²) in [6.07, 6.45) is 0.609. The van der Waals surface area contributed by atoms with Crippen molar-refractivity contribution in [1.29, 1.82) is 0 Å². The molecule has 0 N–H and O–H groups in total. The van der Waals surface area contributed by atoms with Crippen LogP contribution in [0.3, 0.4) is 0 Å². The van der Waals surface area contributed by atoms with E-state index in [2.05, 4.69) is 31.9 Å². The zero-order valence-electron chi connectivity index (χ0n) is 16.1.